The van der Waals surface area contributed by atoms with Crippen LogP contribution >= 0.6 is 23.1 Å². The lowest BCUT2D eigenvalue weighted by molar-refractivity contribution is 0.187. The highest BCUT2D eigenvalue weighted by Crippen LogP contribution is 2.29. The number of amides is 2. The SMILES string of the molecule is CCOc1ccccc1NC(=O)N1CCC(CSc2nc(C)cs2)CC1. The molecule has 0 aliphatic carbocycles. The highest BCUT2D eigenvalue weighted by Gasteiger charge is 2.23. The first-order valence-corrected chi connectivity index (χ1v) is 10.8. The average Bonchev–Trinajstić information content (AvgIpc) is 3.07. The van der Waals surface area contributed by atoms with Gasteiger partial charge >= 0.3 is 6.03 Å². The monoisotopic (exact) mass is 391 g/mol. The number of ether oxygens (including phenoxy) is 1. The van der Waals surface area contributed by atoms with Gasteiger partial charge in [-0.2, -0.15) is 0 Å². The standard InChI is InChI=1S/C19H25N3O2S2/c1-3-24-17-7-5-4-6-16(17)21-18(23)22-10-8-15(9-11-22)13-26-19-20-14(2)12-25-19/h4-7,12,15H,3,8-11,13H2,1-2H3,(H,21,23). The fourth-order valence-electron chi connectivity index (χ4n) is 2.94. The predicted molar refractivity (Wildman–Crippen MR) is 109 cm³/mol. The number of likely N-dealkylation sites (tertiary alicyclic amines) is 1. The number of thioether (sulfide) groups is 1. The second-order valence-electron chi connectivity index (χ2n) is 6.36. The number of para-hydroxylation sites is 2. The molecule has 1 N–H and O–H groups in total. The summed E-state index contributed by atoms with van der Waals surface area (Å²) >= 11 is 3.55. The minimum atomic E-state index is -0.0428. The van der Waals surface area contributed by atoms with Gasteiger partial charge in [-0.15, -0.1) is 11.3 Å². The van der Waals surface area contributed by atoms with Crippen LogP contribution in [0.3, 0.4) is 0 Å². The molecule has 0 atom stereocenters. The van der Waals surface area contributed by atoms with E-state index in [4.69, 9.17) is 4.74 Å². The molecule has 1 saturated heterocycles. The molecule has 1 aromatic carbocycles. The van der Waals surface area contributed by atoms with E-state index in [9.17, 15) is 4.79 Å². The van der Waals surface area contributed by atoms with Crippen molar-refractivity contribution in [3.8, 4) is 5.75 Å². The van der Waals surface area contributed by atoms with Crippen molar-refractivity contribution in [3.05, 3.63) is 35.3 Å². The van der Waals surface area contributed by atoms with Gasteiger partial charge in [0.15, 0.2) is 0 Å². The molecule has 1 aliphatic heterocycles. The van der Waals surface area contributed by atoms with E-state index in [1.807, 2.05) is 54.8 Å². The highest BCUT2D eigenvalue weighted by molar-refractivity contribution is 8.01. The first-order valence-electron chi connectivity index (χ1n) is 8.98. The number of carbonyl (C=O) groups excluding carboxylic acids is 1. The number of aryl methyl sites for hydroxylation is 1. The van der Waals surface area contributed by atoms with E-state index in [1.54, 1.807) is 11.3 Å². The molecule has 1 aromatic heterocycles. The summed E-state index contributed by atoms with van der Waals surface area (Å²) in [5, 5.41) is 5.08. The molecule has 0 spiro atoms. The third-order valence-electron chi connectivity index (χ3n) is 4.37. The number of carbonyl (C=O) groups is 1. The topological polar surface area (TPSA) is 54.5 Å². The number of urea groups is 1. The first-order chi connectivity index (χ1) is 12.7. The average molecular weight is 392 g/mol. The number of nitrogens with zero attached hydrogens (tertiary/aromatic N) is 2. The third-order valence-corrected chi connectivity index (χ3v) is 6.74. The van der Waals surface area contributed by atoms with Crippen LogP contribution < -0.4 is 10.1 Å². The molecule has 2 heterocycles. The summed E-state index contributed by atoms with van der Waals surface area (Å²) in [7, 11) is 0. The van der Waals surface area contributed by atoms with Gasteiger partial charge in [-0.3, -0.25) is 0 Å². The van der Waals surface area contributed by atoms with Gasteiger partial charge in [0.1, 0.15) is 10.1 Å². The zero-order chi connectivity index (χ0) is 18.4. The van der Waals surface area contributed by atoms with Crippen molar-refractivity contribution in [1.29, 1.82) is 0 Å². The van der Waals surface area contributed by atoms with E-state index in [0.717, 1.165) is 47.4 Å². The molecule has 0 bridgehead atoms. The normalized spacial score (nSPS) is 15.1. The summed E-state index contributed by atoms with van der Waals surface area (Å²) in [6.45, 7) is 6.14. The molecule has 5 nitrogen and oxygen atoms in total. The van der Waals surface area contributed by atoms with Crippen LogP contribution in [0, 0.1) is 12.8 Å². The quantitative estimate of drug-likeness (QED) is 0.713. The second kappa shape index (κ2) is 9.28. The van der Waals surface area contributed by atoms with E-state index in [2.05, 4.69) is 15.7 Å². The Bertz CT molecular complexity index is 727. The largest absolute Gasteiger partial charge is 0.492 e. The van der Waals surface area contributed by atoms with E-state index < -0.39 is 0 Å². The van der Waals surface area contributed by atoms with Gasteiger partial charge in [0, 0.05) is 29.9 Å². The van der Waals surface area contributed by atoms with E-state index in [1.165, 1.54) is 0 Å². The van der Waals surface area contributed by atoms with Crippen LogP contribution in [0.5, 0.6) is 5.75 Å². The number of benzene rings is 1. The van der Waals surface area contributed by atoms with Crippen molar-refractivity contribution >= 4 is 34.8 Å². The van der Waals surface area contributed by atoms with Crippen LogP contribution in [0.25, 0.3) is 0 Å². The molecule has 140 valence electrons. The van der Waals surface area contributed by atoms with Gasteiger partial charge in [0.2, 0.25) is 0 Å². The Balaban J connectivity index is 1.46. The summed E-state index contributed by atoms with van der Waals surface area (Å²) in [6.07, 6.45) is 2.08. The number of anilines is 1. The van der Waals surface area contributed by atoms with Gasteiger partial charge < -0.3 is 15.0 Å². The smallest absolute Gasteiger partial charge is 0.321 e. The summed E-state index contributed by atoms with van der Waals surface area (Å²) in [6, 6.07) is 7.53. The molecule has 7 heteroatoms. The summed E-state index contributed by atoms with van der Waals surface area (Å²) < 4.78 is 6.73. The van der Waals surface area contributed by atoms with E-state index in [0.29, 0.717) is 18.3 Å². The maximum absolute atomic E-state index is 12.6. The Labute approximate surface area is 163 Å². The molecule has 0 unspecified atom stereocenters. The van der Waals surface area contributed by atoms with Crippen molar-refractivity contribution < 1.29 is 9.53 Å². The van der Waals surface area contributed by atoms with Crippen LogP contribution in [-0.4, -0.2) is 41.4 Å². The summed E-state index contributed by atoms with van der Waals surface area (Å²) in [5.74, 6) is 2.44. The van der Waals surface area contributed by atoms with Crippen molar-refractivity contribution in [2.75, 3.05) is 30.8 Å². The van der Waals surface area contributed by atoms with Crippen molar-refractivity contribution in [2.45, 2.75) is 31.0 Å². The van der Waals surface area contributed by atoms with Gasteiger partial charge in [-0.25, -0.2) is 9.78 Å². The molecule has 3 rings (SSSR count). The molecular formula is C19H25N3O2S2. The number of piperidine rings is 1. The fraction of sp³-hybridized carbons (Fsp3) is 0.474. The van der Waals surface area contributed by atoms with Crippen molar-refractivity contribution in [1.82, 2.24) is 9.88 Å². The van der Waals surface area contributed by atoms with Crippen LogP contribution in [0.4, 0.5) is 10.5 Å². The molecule has 1 aliphatic rings. The predicted octanol–water partition coefficient (Wildman–Crippen LogP) is 4.89. The molecule has 1 fully saturated rings. The first kappa shape index (κ1) is 19.0. The van der Waals surface area contributed by atoms with Crippen LogP contribution in [0.2, 0.25) is 0 Å². The summed E-state index contributed by atoms with van der Waals surface area (Å²) in [5.41, 5.74) is 1.83. The molecule has 2 amide bonds. The Morgan fingerprint density at radius 3 is 2.85 bits per heavy atom. The van der Waals surface area contributed by atoms with Gasteiger partial charge in [-0.1, -0.05) is 23.9 Å². The third kappa shape index (κ3) is 5.14. The molecular weight excluding hydrogens is 366 g/mol. The summed E-state index contributed by atoms with van der Waals surface area (Å²) in [4.78, 5) is 19.0. The maximum atomic E-state index is 12.6. The fourth-order valence-corrected chi connectivity index (χ4v) is 5.00. The van der Waals surface area contributed by atoms with Gasteiger partial charge in [-0.05, 0) is 44.7 Å². The van der Waals surface area contributed by atoms with Crippen molar-refractivity contribution in [2.24, 2.45) is 5.92 Å². The number of hydrogen-bond donors (Lipinski definition) is 1. The molecule has 0 radical (unpaired) electrons. The van der Waals surface area contributed by atoms with Crippen LogP contribution in [0.1, 0.15) is 25.5 Å². The Kier molecular flexibility index (Phi) is 6.80. The zero-order valence-corrected chi connectivity index (χ0v) is 16.9. The lowest BCUT2D eigenvalue weighted by atomic mass is 9.99. The van der Waals surface area contributed by atoms with Gasteiger partial charge in [0.25, 0.3) is 0 Å². The highest BCUT2D eigenvalue weighted by atomic mass is 32.2. The van der Waals surface area contributed by atoms with Crippen LogP contribution in [0.15, 0.2) is 34.0 Å². The van der Waals surface area contributed by atoms with E-state index >= 15 is 0 Å². The van der Waals surface area contributed by atoms with Crippen molar-refractivity contribution in [3.63, 3.8) is 0 Å². The zero-order valence-electron chi connectivity index (χ0n) is 15.2. The van der Waals surface area contributed by atoms with E-state index in [-0.39, 0.29) is 6.03 Å². The Hall–Kier alpha value is -1.73. The number of nitrogens with one attached hydrogen (secondary N) is 1. The number of rotatable bonds is 6. The minimum absolute atomic E-state index is 0.0428. The minimum Gasteiger partial charge on any atom is -0.492 e. The lowest BCUT2D eigenvalue weighted by Gasteiger charge is -2.31. The molecule has 2 aromatic rings. The van der Waals surface area contributed by atoms with Crippen LogP contribution in [-0.2, 0) is 0 Å². The van der Waals surface area contributed by atoms with Gasteiger partial charge in [0.05, 0.1) is 12.3 Å². The lowest BCUT2D eigenvalue weighted by Crippen LogP contribution is -2.41. The number of thiazole rings is 1. The Morgan fingerprint density at radius 2 is 2.15 bits per heavy atom. The number of hydrogen-bond acceptors (Lipinski definition) is 5. The maximum Gasteiger partial charge on any atom is 0.321 e. The second-order valence-corrected chi connectivity index (χ2v) is 8.48. The molecule has 26 heavy (non-hydrogen) atoms. The molecule has 0 saturated carbocycles. The Morgan fingerprint density at radius 1 is 1.38 bits per heavy atom. The number of aromatic nitrogens is 1.